The van der Waals surface area contributed by atoms with Gasteiger partial charge in [-0.2, -0.15) is 4.98 Å². The molecule has 230 valence electrons. The Bertz CT molecular complexity index is 1930. The molecule has 4 unspecified atom stereocenters. The Morgan fingerprint density at radius 2 is 1.70 bits per heavy atom. The number of pyridine rings is 1. The fraction of sp³-hybridized carbons (Fsp3) is 0.467. The van der Waals surface area contributed by atoms with Gasteiger partial charge in [-0.1, -0.05) is 6.07 Å². The van der Waals surface area contributed by atoms with Crippen LogP contribution < -0.4 is 10.6 Å². The quantitative estimate of drug-likeness (QED) is 0.193. The van der Waals surface area contributed by atoms with Gasteiger partial charge < -0.3 is 20.8 Å². The van der Waals surface area contributed by atoms with Crippen LogP contribution in [0.3, 0.4) is 0 Å². The Balaban J connectivity index is 1.25. The lowest BCUT2D eigenvalue weighted by Crippen LogP contribution is -2.52. The Hall–Kier alpha value is -3.33. The van der Waals surface area contributed by atoms with Gasteiger partial charge in [0.1, 0.15) is 38.8 Å². The number of sulfone groups is 1. The largest absolute Gasteiger partial charge is 0.383 e. The van der Waals surface area contributed by atoms with Gasteiger partial charge in [-0.25, -0.2) is 27.2 Å². The normalized spacial score (nSPS) is 27.8. The third-order valence-corrected chi connectivity index (χ3v) is 12.1. The first-order valence-electron chi connectivity index (χ1n) is 14.7. The molecule has 0 aliphatic heterocycles. The topological polar surface area (TPSA) is 150 Å². The van der Waals surface area contributed by atoms with Crippen molar-refractivity contribution in [3.63, 3.8) is 0 Å². The second-order valence-corrected chi connectivity index (χ2v) is 15.7. The number of hydrogen-bond donors (Lipinski definition) is 4. The standard InChI is InChI=1S/C30H30F2N6O4S2/c1-44(41,42)25-17-9-11-29(39,30(17,25)40)38-26-21(27-35-24-20(43-27)10-12-33-23(24)15-7-8-15)22(14-5-6-14)36-28(37-26)34-13-16-18(31)3-2-4-19(16)32/h2-4,10,12,14-15,17,25,39-40H,5-9,11,13H2,1H3,(H2,34,36,37,38). The molecule has 10 nitrogen and oxygen atoms in total. The first-order chi connectivity index (χ1) is 21.0. The lowest BCUT2D eigenvalue weighted by Gasteiger charge is -2.33. The van der Waals surface area contributed by atoms with Crippen molar-refractivity contribution in [1.29, 1.82) is 0 Å². The molecule has 4 saturated carbocycles. The average Bonchev–Trinajstić information content (AvgIpc) is 3.88. The molecule has 0 bridgehead atoms. The number of aromatic nitrogens is 4. The minimum atomic E-state index is -3.65. The first kappa shape index (κ1) is 28.2. The summed E-state index contributed by atoms with van der Waals surface area (Å²) in [7, 11) is -3.65. The molecule has 0 radical (unpaired) electrons. The minimum Gasteiger partial charge on any atom is -0.383 e. The van der Waals surface area contributed by atoms with Gasteiger partial charge in [0.2, 0.25) is 5.95 Å². The van der Waals surface area contributed by atoms with E-state index < -0.39 is 44.0 Å². The van der Waals surface area contributed by atoms with E-state index >= 15 is 0 Å². The van der Waals surface area contributed by atoms with Crippen molar-refractivity contribution in [2.45, 2.75) is 73.5 Å². The summed E-state index contributed by atoms with van der Waals surface area (Å²) in [5.41, 5.74) is -1.12. The maximum Gasteiger partial charge on any atom is 0.225 e. The molecule has 3 aromatic heterocycles. The lowest BCUT2D eigenvalue weighted by atomic mass is 10.0. The second kappa shape index (κ2) is 9.59. The van der Waals surface area contributed by atoms with Crippen LogP contribution in [0.1, 0.15) is 67.3 Å². The molecule has 0 spiro atoms. The van der Waals surface area contributed by atoms with Crippen molar-refractivity contribution < 1.29 is 27.4 Å². The maximum atomic E-state index is 14.4. The number of anilines is 2. The van der Waals surface area contributed by atoms with Crippen molar-refractivity contribution in [1.82, 2.24) is 19.9 Å². The van der Waals surface area contributed by atoms with Gasteiger partial charge in [0.25, 0.3) is 0 Å². The molecule has 44 heavy (non-hydrogen) atoms. The number of thiazole rings is 1. The average molecular weight is 641 g/mol. The summed E-state index contributed by atoms with van der Waals surface area (Å²) in [5, 5.41) is 28.9. The molecule has 8 rings (SSSR count). The number of nitrogens with one attached hydrogen (secondary N) is 2. The number of fused-ring (bicyclic) bond motifs is 2. The van der Waals surface area contributed by atoms with Crippen LogP contribution in [0, 0.1) is 17.6 Å². The van der Waals surface area contributed by atoms with Gasteiger partial charge >= 0.3 is 0 Å². The van der Waals surface area contributed by atoms with Gasteiger partial charge in [0, 0.05) is 42.3 Å². The summed E-state index contributed by atoms with van der Waals surface area (Å²) in [6.45, 7) is -0.231. The zero-order valence-corrected chi connectivity index (χ0v) is 25.4. The van der Waals surface area contributed by atoms with Crippen LogP contribution in [0.2, 0.25) is 0 Å². The molecular weight excluding hydrogens is 610 g/mol. The van der Waals surface area contributed by atoms with Gasteiger partial charge in [0.15, 0.2) is 15.6 Å². The Morgan fingerprint density at radius 1 is 1.00 bits per heavy atom. The zero-order valence-electron chi connectivity index (χ0n) is 23.7. The number of nitrogens with zero attached hydrogens (tertiary/aromatic N) is 4. The summed E-state index contributed by atoms with van der Waals surface area (Å²) in [6.07, 6.45) is 7.07. The second-order valence-electron chi connectivity index (χ2n) is 12.5. The highest BCUT2D eigenvalue weighted by Crippen LogP contribution is 2.64. The Kier molecular flexibility index (Phi) is 6.14. The predicted molar refractivity (Wildman–Crippen MR) is 161 cm³/mol. The lowest BCUT2D eigenvalue weighted by molar-refractivity contribution is -0.0616. The molecule has 0 saturated heterocycles. The third-order valence-electron chi connectivity index (χ3n) is 9.42. The van der Waals surface area contributed by atoms with Crippen LogP contribution in [0.15, 0.2) is 30.5 Å². The highest BCUT2D eigenvalue weighted by atomic mass is 32.2. The number of benzene rings is 1. The van der Waals surface area contributed by atoms with Crippen LogP contribution in [0.4, 0.5) is 20.5 Å². The molecule has 3 heterocycles. The summed E-state index contributed by atoms with van der Waals surface area (Å²) in [6, 6.07) is 5.54. The van der Waals surface area contributed by atoms with Crippen molar-refractivity contribution in [3.8, 4) is 10.6 Å². The van der Waals surface area contributed by atoms with E-state index in [1.54, 1.807) is 6.20 Å². The minimum absolute atomic E-state index is 0.0612. The third kappa shape index (κ3) is 4.40. The summed E-state index contributed by atoms with van der Waals surface area (Å²) in [5.74, 6) is -1.37. The maximum absolute atomic E-state index is 14.4. The smallest absolute Gasteiger partial charge is 0.225 e. The van der Waals surface area contributed by atoms with Gasteiger partial charge in [-0.3, -0.25) is 4.98 Å². The van der Waals surface area contributed by atoms with Gasteiger partial charge in [0.05, 0.1) is 21.7 Å². The van der Waals surface area contributed by atoms with E-state index in [1.165, 1.54) is 29.5 Å². The van der Waals surface area contributed by atoms with Crippen molar-refractivity contribution in [2.75, 3.05) is 16.9 Å². The predicted octanol–water partition coefficient (Wildman–Crippen LogP) is 4.46. The molecule has 1 aromatic carbocycles. The highest BCUT2D eigenvalue weighted by Gasteiger charge is 2.81. The van der Waals surface area contributed by atoms with Gasteiger partial charge in [-0.05, 0) is 56.7 Å². The van der Waals surface area contributed by atoms with Crippen LogP contribution in [0.5, 0.6) is 0 Å². The molecule has 4 aromatic rings. The SMILES string of the molecule is CS(=O)(=O)C1C2CCC(O)(Nc3nc(NCc4c(F)cccc4F)nc(C4CC4)c3-c3nc4c(C5CC5)nccc4s3)C21O. The van der Waals surface area contributed by atoms with E-state index in [-0.39, 0.29) is 36.2 Å². The molecule has 14 heteroatoms. The van der Waals surface area contributed by atoms with E-state index in [0.29, 0.717) is 28.6 Å². The first-order valence-corrected chi connectivity index (χ1v) is 17.5. The summed E-state index contributed by atoms with van der Waals surface area (Å²) < 4.78 is 54.8. The van der Waals surface area contributed by atoms with Crippen LogP contribution in [-0.2, 0) is 16.4 Å². The summed E-state index contributed by atoms with van der Waals surface area (Å²) >= 11 is 1.44. The van der Waals surface area contributed by atoms with Crippen molar-refractivity contribution in [2.24, 2.45) is 5.92 Å². The molecule has 4 N–H and O–H groups in total. The summed E-state index contributed by atoms with van der Waals surface area (Å²) in [4.78, 5) is 19.0. The van der Waals surface area contributed by atoms with E-state index in [0.717, 1.165) is 47.8 Å². The highest BCUT2D eigenvalue weighted by molar-refractivity contribution is 7.91. The number of halogens is 2. The Labute approximate surface area is 255 Å². The van der Waals surface area contributed by atoms with Gasteiger partial charge in [-0.15, -0.1) is 11.3 Å². The number of rotatable bonds is 9. The number of hydrogen-bond acceptors (Lipinski definition) is 11. The van der Waals surface area contributed by atoms with Crippen molar-refractivity contribution in [3.05, 3.63) is 59.0 Å². The molecule has 4 aliphatic rings. The molecule has 0 amide bonds. The number of aliphatic hydroxyl groups is 2. The van der Waals surface area contributed by atoms with E-state index in [1.807, 2.05) is 6.07 Å². The van der Waals surface area contributed by atoms with E-state index in [4.69, 9.17) is 9.97 Å². The van der Waals surface area contributed by atoms with E-state index in [2.05, 4.69) is 20.6 Å². The molecular formula is C30H30F2N6O4S2. The Morgan fingerprint density at radius 3 is 2.36 bits per heavy atom. The molecule has 4 atom stereocenters. The zero-order chi connectivity index (χ0) is 30.6. The van der Waals surface area contributed by atoms with Crippen molar-refractivity contribution >= 4 is 43.2 Å². The van der Waals surface area contributed by atoms with E-state index in [9.17, 15) is 27.4 Å². The molecule has 4 fully saturated rings. The molecule has 4 aliphatic carbocycles. The fourth-order valence-corrected chi connectivity index (χ4v) is 9.80. The van der Waals surface area contributed by atoms with Crippen LogP contribution in [-0.4, -0.2) is 61.4 Å². The van der Waals surface area contributed by atoms with Crippen LogP contribution >= 0.6 is 11.3 Å². The van der Waals surface area contributed by atoms with Crippen LogP contribution in [0.25, 0.3) is 20.8 Å². The monoisotopic (exact) mass is 640 g/mol. The fourth-order valence-electron chi connectivity index (χ4n) is 6.89.